The molecular weight excluding hydrogens is 298 g/mol. The standard InChI is InChI=1S/C21H33NO2/c1-17-11-12-19-20(14-17)23-16-24-21(19,2)15-22-13-7-6-10-18-8-4-3-5-9-18/h3-5,8-9,17,19-20,22H,6-7,10-16H2,1-2H3/t17-,19-,20+,21+/m1/s1. The van der Waals surface area contributed by atoms with Crippen LogP contribution in [0.2, 0.25) is 0 Å². The van der Waals surface area contributed by atoms with Gasteiger partial charge in [-0.3, -0.25) is 0 Å². The third-order valence-corrected chi connectivity index (χ3v) is 5.90. The van der Waals surface area contributed by atoms with Gasteiger partial charge in [0.25, 0.3) is 0 Å². The third-order valence-electron chi connectivity index (χ3n) is 5.90. The summed E-state index contributed by atoms with van der Waals surface area (Å²) in [5.74, 6) is 1.33. The van der Waals surface area contributed by atoms with Crippen LogP contribution in [0.1, 0.15) is 51.5 Å². The van der Waals surface area contributed by atoms with Crippen molar-refractivity contribution in [1.29, 1.82) is 0 Å². The van der Waals surface area contributed by atoms with Crippen LogP contribution in [0.25, 0.3) is 0 Å². The van der Waals surface area contributed by atoms with Crippen molar-refractivity contribution in [3.8, 4) is 0 Å². The first-order valence-corrected chi connectivity index (χ1v) is 9.67. The monoisotopic (exact) mass is 331 g/mol. The van der Waals surface area contributed by atoms with Crippen molar-refractivity contribution in [2.45, 2.75) is 64.1 Å². The Kier molecular flexibility index (Phi) is 6.31. The van der Waals surface area contributed by atoms with Gasteiger partial charge in [-0.1, -0.05) is 43.7 Å². The summed E-state index contributed by atoms with van der Waals surface area (Å²) in [6.07, 6.45) is 7.76. The van der Waals surface area contributed by atoms with E-state index >= 15 is 0 Å². The number of unbranched alkanes of at least 4 members (excludes halogenated alkanes) is 1. The molecule has 1 aromatic carbocycles. The number of benzene rings is 1. The van der Waals surface area contributed by atoms with Gasteiger partial charge in [-0.05, 0) is 57.1 Å². The third kappa shape index (κ3) is 4.59. The van der Waals surface area contributed by atoms with Crippen LogP contribution >= 0.6 is 0 Å². The van der Waals surface area contributed by atoms with Crippen molar-refractivity contribution in [2.75, 3.05) is 19.9 Å². The minimum Gasteiger partial charge on any atom is -0.352 e. The molecule has 3 heteroatoms. The maximum Gasteiger partial charge on any atom is 0.147 e. The highest BCUT2D eigenvalue weighted by Gasteiger charge is 2.46. The van der Waals surface area contributed by atoms with Gasteiger partial charge in [0, 0.05) is 12.5 Å². The lowest BCUT2D eigenvalue weighted by Gasteiger charge is -2.49. The molecule has 24 heavy (non-hydrogen) atoms. The number of ether oxygens (including phenoxy) is 2. The SMILES string of the molecule is C[C@@H]1CC[C@@H]2[C@H](C1)OCO[C@@]2(C)CNCCCCc1ccccc1. The van der Waals surface area contributed by atoms with Crippen molar-refractivity contribution in [1.82, 2.24) is 5.32 Å². The van der Waals surface area contributed by atoms with E-state index in [1.54, 1.807) is 0 Å². The second-order valence-electron chi connectivity index (χ2n) is 7.92. The van der Waals surface area contributed by atoms with Crippen LogP contribution in [-0.2, 0) is 15.9 Å². The molecule has 2 fully saturated rings. The molecule has 1 saturated carbocycles. The number of aryl methyl sites for hydroxylation is 1. The maximum absolute atomic E-state index is 6.06. The number of rotatable bonds is 7. The largest absolute Gasteiger partial charge is 0.352 e. The Morgan fingerprint density at radius 2 is 2.00 bits per heavy atom. The van der Waals surface area contributed by atoms with E-state index in [0.717, 1.165) is 19.0 Å². The quantitative estimate of drug-likeness (QED) is 0.761. The fourth-order valence-electron chi connectivity index (χ4n) is 4.32. The molecule has 4 atom stereocenters. The molecule has 0 radical (unpaired) electrons. The molecule has 0 aromatic heterocycles. The molecule has 1 aromatic rings. The van der Waals surface area contributed by atoms with E-state index in [0.29, 0.717) is 18.8 Å². The molecule has 134 valence electrons. The maximum atomic E-state index is 6.06. The van der Waals surface area contributed by atoms with E-state index in [2.05, 4.69) is 49.5 Å². The Morgan fingerprint density at radius 1 is 1.17 bits per heavy atom. The zero-order chi connectivity index (χ0) is 16.8. The molecule has 2 aliphatic rings. The first kappa shape index (κ1) is 17.9. The van der Waals surface area contributed by atoms with Gasteiger partial charge in [-0.2, -0.15) is 0 Å². The second-order valence-corrected chi connectivity index (χ2v) is 7.92. The summed E-state index contributed by atoms with van der Waals surface area (Å²) in [5, 5.41) is 3.65. The highest BCUT2D eigenvalue weighted by molar-refractivity contribution is 5.14. The van der Waals surface area contributed by atoms with E-state index in [-0.39, 0.29) is 5.60 Å². The van der Waals surface area contributed by atoms with Gasteiger partial charge < -0.3 is 14.8 Å². The number of hydrogen-bond acceptors (Lipinski definition) is 3. The summed E-state index contributed by atoms with van der Waals surface area (Å²) in [7, 11) is 0. The Balaban J connectivity index is 1.37. The van der Waals surface area contributed by atoms with Gasteiger partial charge in [0.05, 0.1) is 11.7 Å². The van der Waals surface area contributed by atoms with Crippen molar-refractivity contribution >= 4 is 0 Å². The van der Waals surface area contributed by atoms with Crippen molar-refractivity contribution in [2.24, 2.45) is 11.8 Å². The summed E-state index contributed by atoms with van der Waals surface area (Å²) in [4.78, 5) is 0. The van der Waals surface area contributed by atoms with Crippen LogP contribution < -0.4 is 5.32 Å². The van der Waals surface area contributed by atoms with E-state index in [4.69, 9.17) is 9.47 Å². The summed E-state index contributed by atoms with van der Waals surface area (Å²) < 4.78 is 12.0. The fourth-order valence-corrected chi connectivity index (χ4v) is 4.32. The van der Waals surface area contributed by atoms with E-state index in [1.165, 1.54) is 44.1 Å². The smallest absolute Gasteiger partial charge is 0.147 e. The molecular formula is C21H33NO2. The van der Waals surface area contributed by atoms with Crippen LogP contribution in [0, 0.1) is 11.8 Å². The molecule has 1 aliphatic carbocycles. The highest BCUT2D eigenvalue weighted by Crippen LogP contribution is 2.41. The predicted octanol–water partition coefficient (Wildman–Crippen LogP) is 4.17. The van der Waals surface area contributed by atoms with Crippen LogP contribution in [0.3, 0.4) is 0 Å². The number of nitrogens with one attached hydrogen (secondary N) is 1. The average Bonchev–Trinajstić information content (AvgIpc) is 2.59. The molecule has 1 saturated heterocycles. The first-order chi connectivity index (χ1) is 11.7. The van der Waals surface area contributed by atoms with Crippen LogP contribution in [0.4, 0.5) is 0 Å². The molecule has 0 spiro atoms. The summed E-state index contributed by atoms with van der Waals surface area (Å²) in [6, 6.07) is 10.8. The fraction of sp³-hybridized carbons (Fsp3) is 0.714. The van der Waals surface area contributed by atoms with Crippen molar-refractivity contribution in [3.63, 3.8) is 0 Å². The topological polar surface area (TPSA) is 30.5 Å². The predicted molar refractivity (Wildman–Crippen MR) is 98.0 cm³/mol. The molecule has 3 rings (SSSR count). The van der Waals surface area contributed by atoms with Gasteiger partial charge in [0.2, 0.25) is 0 Å². The number of hydrogen-bond donors (Lipinski definition) is 1. The normalized spacial score (nSPS) is 33.2. The van der Waals surface area contributed by atoms with Gasteiger partial charge in [0.1, 0.15) is 6.79 Å². The molecule has 0 amide bonds. The van der Waals surface area contributed by atoms with Gasteiger partial charge in [-0.25, -0.2) is 0 Å². The molecule has 1 N–H and O–H groups in total. The lowest BCUT2D eigenvalue weighted by molar-refractivity contribution is -0.260. The second kappa shape index (κ2) is 8.46. The Hall–Kier alpha value is -0.900. The minimum absolute atomic E-state index is 0.0670. The first-order valence-electron chi connectivity index (χ1n) is 9.67. The molecule has 1 heterocycles. The van der Waals surface area contributed by atoms with E-state index in [1.807, 2.05) is 0 Å². The Labute approximate surface area is 147 Å². The Bertz CT molecular complexity index is 492. The molecule has 0 unspecified atom stereocenters. The summed E-state index contributed by atoms with van der Waals surface area (Å²) in [5.41, 5.74) is 1.37. The zero-order valence-electron chi connectivity index (χ0n) is 15.3. The summed E-state index contributed by atoms with van der Waals surface area (Å²) in [6.45, 7) is 7.09. The molecule has 0 bridgehead atoms. The van der Waals surface area contributed by atoms with Crippen LogP contribution in [0.15, 0.2) is 30.3 Å². The van der Waals surface area contributed by atoms with Crippen LogP contribution in [-0.4, -0.2) is 31.6 Å². The summed E-state index contributed by atoms with van der Waals surface area (Å²) >= 11 is 0. The van der Waals surface area contributed by atoms with Crippen molar-refractivity contribution in [3.05, 3.63) is 35.9 Å². The van der Waals surface area contributed by atoms with Crippen LogP contribution in [0.5, 0.6) is 0 Å². The minimum atomic E-state index is -0.0670. The lowest BCUT2D eigenvalue weighted by Crippen LogP contribution is -2.57. The van der Waals surface area contributed by atoms with Crippen molar-refractivity contribution < 1.29 is 9.47 Å². The number of fused-ring (bicyclic) bond motifs is 1. The van der Waals surface area contributed by atoms with Gasteiger partial charge >= 0.3 is 0 Å². The Morgan fingerprint density at radius 3 is 2.83 bits per heavy atom. The zero-order valence-corrected chi connectivity index (χ0v) is 15.3. The molecule has 1 aliphatic heterocycles. The van der Waals surface area contributed by atoms with E-state index < -0.39 is 0 Å². The van der Waals surface area contributed by atoms with Gasteiger partial charge in [-0.15, -0.1) is 0 Å². The lowest BCUT2D eigenvalue weighted by atomic mass is 9.72. The van der Waals surface area contributed by atoms with Gasteiger partial charge in [0.15, 0.2) is 0 Å². The highest BCUT2D eigenvalue weighted by atomic mass is 16.7. The molecule has 3 nitrogen and oxygen atoms in total. The van der Waals surface area contributed by atoms with E-state index in [9.17, 15) is 0 Å². The average molecular weight is 331 g/mol.